The minimum absolute atomic E-state index is 0.189. The van der Waals surface area contributed by atoms with Gasteiger partial charge in [0.1, 0.15) is 0 Å². The number of aryl methyl sites for hydroxylation is 3. The average molecular weight is 327 g/mol. The lowest BCUT2D eigenvalue weighted by molar-refractivity contribution is 0.0926. The molecule has 0 bridgehead atoms. The van der Waals surface area contributed by atoms with Gasteiger partial charge in [-0.25, -0.2) is 4.90 Å². The fourth-order valence-electron chi connectivity index (χ4n) is 3.14. The van der Waals surface area contributed by atoms with Crippen molar-refractivity contribution >= 4 is 28.8 Å². The van der Waals surface area contributed by atoms with Gasteiger partial charge in [-0.2, -0.15) is 0 Å². The zero-order valence-electron chi connectivity index (χ0n) is 13.8. The van der Waals surface area contributed by atoms with Crippen LogP contribution in [0.4, 0.5) is 5.69 Å². The molecule has 0 radical (unpaired) electrons. The number of rotatable bonds is 5. The summed E-state index contributed by atoms with van der Waals surface area (Å²) in [6, 6.07) is 7.82. The van der Waals surface area contributed by atoms with Crippen LogP contribution in [0.5, 0.6) is 0 Å². The van der Waals surface area contributed by atoms with Crippen molar-refractivity contribution < 1.29 is 9.59 Å². The van der Waals surface area contributed by atoms with Crippen molar-refractivity contribution in [2.45, 2.75) is 46.5 Å². The van der Waals surface area contributed by atoms with E-state index < -0.39 is 0 Å². The number of hydrogen-bond acceptors (Lipinski definition) is 3. The number of amides is 2. The summed E-state index contributed by atoms with van der Waals surface area (Å²) in [4.78, 5) is 28.5. The van der Waals surface area contributed by atoms with Crippen molar-refractivity contribution in [2.24, 2.45) is 0 Å². The Kier molecular flexibility index (Phi) is 4.35. The van der Waals surface area contributed by atoms with Crippen molar-refractivity contribution in [3.8, 4) is 0 Å². The molecule has 0 fully saturated rings. The fraction of sp³-hybridized carbons (Fsp3) is 0.368. The van der Waals surface area contributed by atoms with Crippen LogP contribution in [0.25, 0.3) is 0 Å². The molecule has 1 aliphatic heterocycles. The van der Waals surface area contributed by atoms with Crippen LogP contribution < -0.4 is 4.90 Å². The maximum absolute atomic E-state index is 12.6. The third-order valence-electron chi connectivity index (χ3n) is 4.36. The molecule has 0 saturated heterocycles. The van der Waals surface area contributed by atoms with E-state index in [0.29, 0.717) is 16.8 Å². The smallest absolute Gasteiger partial charge is 0.267 e. The maximum Gasteiger partial charge on any atom is 0.267 e. The molecule has 2 heterocycles. The molecule has 0 saturated carbocycles. The van der Waals surface area contributed by atoms with Crippen molar-refractivity contribution in [1.29, 1.82) is 0 Å². The number of benzene rings is 1. The Morgan fingerprint density at radius 3 is 2.00 bits per heavy atom. The molecular weight excluding hydrogens is 306 g/mol. The molecule has 0 aliphatic carbocycles. The number of anilines is 1. The Bertz CT molecular complexity index is 722. The van der Waals surface area contributed by atoms with Crippen LogP contribution in [0.3, 0.4) is 0 Å². The number of hydrogen-bond donors (Lipinski definition) is 0. The van der Waals surface area contributed by atoms with Gasteiger partial charge < -0.3 is 0 Å². The largest absolute Gasteiger partial charge is 0.268 e. The zero-order chi connectivity index (χ0) is 16.6. The molecule has 2 amide bonds. The Balaban J connectivity index is 1.84. The van der Waals surface area contributed by atoms with E-state index in [2.05, 4.69) is 6.92 Å². The molecule has 3 rings (SSSR count). The third-order valence-corrected chi connectivity index (χ3v) is 5.38. The minimum atomic E-state index is -0.189. The number of carbonyl (C=O) groups is 2. The first kappa shape index (κ1) is 15.9. The standard InChI is InChI=1S/C19H21NO2S/c1-4-5-6-7-14-8-10-15(11-9-14)20-18(21)16-12(2)23-13(3)17(16)19(20)22/h8-11H,4-7H2,1-3H3. The molecule has 2 aromatic rings. The summed E-state index contributed by atoms with van der Waals surface area (Å²) < 4.78 is 0. The molecule has 4 heteroatoms. The van der Waals surface area contributed by atoms with E-state index in [-0.39, 0.29) is 11.8 Å². The molecule has 0 unspecified atom stereocenters. The molecule has 1 aliphatic rings. The lowest BCUT2D eigenvalue weighted by Gasteiger charge is -2.15. The van der Waals surface area contributed by atoms with Gasteiger partial charge in [-0.05, 0) is 44.4 Å². The van der Waals surface area contributed by atoms with Gasteiger partial charge in [0.25, 0.3) is 11.8 Å². The summed E-state index contributed by atoms with van der Waals surface area (Å²) in [6.45, 7) is 6.00. The number of carbonyl (C=O) groups excluding carboxylic acids is 2. The van der Waals surface area contributed by atoms with E-state index in [1.54, 1.807) is 0 Å². The quantitative estimate of drug-likeness (QED) is 0.578. The van der Waals surface area contributed by atoms with Crippen molar-refractivity contribution in [3.05, 3.63) is 50.7 Å². The van der Waals surface area contributed by atoms with E-state index in [1.807, 2.05) is 38.1 Å². The highest BCUT2D eigenvalue weighted by Crippen LogP contribution is 2.36. The number of fused-ring (bicyclic) bond motifs is 1. The maximum atomic E-state index is 12.6. The summed E-state index contributed by atoms with van der Waals surface area (Å²) in [7, 11) is 0. The van der Waals surface area contributed by atoms with Gasteiger partial charge in [-0.15, -0.1) is 11.3 Å². The number of nitrogens with zero attached hydrogens (tertiary/aromatic N) is 1. The molecule has 0 spiro atoms. The van der Waals surface area contributed by atoms with Crippen molar-refractivity contribution in [2.75, 3.05) is 4.90 Å². The molecule has 0 atom stereocenters. The highest BCUT2D eigenvalue weighted by Gasteiger charge is 2.40. The van der Waals surface area contributed by atoms with E-state index in [1.165, 1.54) is 41.1 Å². The van der Waals surface area contributed by atoms with Crippen molar-refractivity contribution in [3.63, 3.8) is 0 Å². The first-order valence-corrected chi connectivity index (χ1v) is 8.94. The van der Waals surface area contributed by atoms with E-state index in [0.717, 1.165) is 16.2 Å². The van der Waals surface area contributed by atoms with Gasteiger partial charge in [0.05, 0.1) is 16.8 Å². The van der Waals surface area contributed by atoms with E-state index in [9.17, 15) is 9.59 Å². The zero-order valence-corrected chi connectivity index (χ0v) is 14.6. The van der Waals surface area contributed by atoms with Gasteiger partial charge in [0.15, 0.2) is 0 Å². The predicted octanol–water partition coefficient (Wildman–Crippen LogP) is 4.90. The van der Waals surface area contributed by atoms with Crippen LogP contribution >= 0.6 is 11.3 Å². The summed E-state index contributed by atoms with van der Waals surface area (Å²) in [5.74, 6) is -0.379. The number of unbranched alkanes of at least 4 members (excludes halogenated alkanes) is 2. The summed E-state index contributed by atoms with van der Waals surface area (Å²) in [6.07, 6.45) is 4.65. The highest BCUT2D eigenvalue weighted by atomic mass is 32.1. The van der Waals surface area contributed by atoms with Gasteiger partial charge in [-0.3, -0.25) is 9.59 Å². The molecule has 0 N–H and O–H groups in total. The minimum Gasteiger partial charge on any atom is -0.268 e. The monoisotopic (exact) mass is 327 g/mol. The normalized spacial score (nSPS) is 13.8. The van der Waals surface area contributed by atoms with Gasteiger partial charge >= 0.3 is 0 Å². The summed E-state index contributed by atoms with van der Waals surface area (Å²) in [5, 5.41) is 0. The second kappa shape index (κ2) is 6.28. The summed E-state index contributed by atoms with van der Waals surface area (Å²) in [5.41, 5.74) is 3.09. The predicted molar refractivity (Wildman–Crippen MR) is 94.6 cm³/mol. The lowest BCUT2D eigenvalue weighted by atomic mass is 10.1. The summed E-state index contributed by atoms with van der Waals surface area (Å²) >= 11 is 1.52. The molecule has 1 aromatic heterocycles. The SMILES string of the molecule is CCCCCc1ccc(N2C(=O)c3c(C)sc(C)c3C2=O)cc1. The second-order valence-corrected chi connectivity index (χ2v) is 7.46. The Morgan fingerprint density at radius 1 is 0.913 bits per heavy atom. The lowest BCUT2D eigenvalue weighted by Crippen LogP contribution is -2.29. The first-order chi connectivity index (χ1) is 11.0. The third kappa shape index (κ3) is 2.72. The van der Waals surface area contributed by atoms with Crippen LogP contribution in [-0.2, 0) is 6.42 Å². The van der Waals surface area contributed by atoms with E-state index >= 15 is 0 Å². The van der Waals surface area contributed by atoms with Crippen LogP contribution in [-0.4, -0.2) is 11.8 Å². The van der Waals surface area contributed by atoms with Crippen LogP contribution in [0, 0.1) is 13.8 Å². The highest BCUT2D eigenvalue weighted by molar-refractivity contribution is 7.12. The topological polar surface area (TPSA) is 37.4 Å². The van der Waals surface area contributed by atoms with Gasteiger partial charge in [-0.1, -0.05) is 31.9 Å². The van der Waals surface area contributed by atoms with Gasteiger partial charge in [0.2, 0.25) is 0 Å². The molecular formula is C19H21NO2S. The van der Waals surface area contributed by atoms with Crippen LogP contribution in [0.15, 0.2) is 24.3 Å². The Morgan fingerprint density at radius 2 is 1.48 bits per heavy atom. The Labute approximate surface area is 140 Å². The Hall–Kier alpha value is -1.94. The van der Waals surface area contributed by atoms with Crippen molar-refractivity contribution in [1.82, 2.24) is 0 Å². The van der Waals surface area contributed by atoms with E-state index in [4.69, 9.17) is 0 Å². The van der Waals surface area contributed by atoms with Crippen LogP contribution in [0.1, 0.15) is 62.2 Å². The molecule has 23 heavy (non-hydrogen) atoms. The average Bonchev–Trinajstić information content (AvgIpc) is 2.97. The first-order valence-electron chi connectivity index (χ1n) is 8.12. The number of imide groups is 1. The molecule has 3 nitrogen and oxygen atoms in total. The van der Waals surface area contributed by atoms with Gasteiger partial charge in [0, 0.05) is 9.75 Å². The second-order valence-electron chi connectivity index (χ2n) is 6.03. The number of thiophene rings is 1. The molecule has 120 valence electrons. The van der Waals surface area contributed by atoms with Crippen LogP contribution in [0.2, 0.25) is 0 Å². The molecule has 1 aromatic carbocycles. The fourth-order valence-corrected chi connectivity index (χ4v) is 4.18.